The van der Waals surface area contributed by atoms with Gasteiger partial charge in [0, 0.05) is 13.6 Å². The van der Waals surface area contributed by atoms with Crippen LogP contribution in [0.2, 0.25) is 0 Å². The van der Waals surface area contributed by atoms with E-state index in [4.69, 9.17) is 5.73 Å². The molecule has 138 valence electrons. The molecule has 0 rings (SSSR count). The van der Waals surface area contributed by atoms with Crippen molar-refractivity contribution in [3.05, 3.63) is 0 Å². The summed E-state index contributed by atoms with van der Waals surface area (Å²) in [5.74, 6) is 1.39. The molecular weight excluding hydrogens is 282 g/mol. The topological polar surface area (TPSA) is 50.4 Å². The summed E-state index contributed by atoms with van der Waals surface area (Å²) in [5, 5.41) is 3.41. The number of hydrogen-bond acceptors (Lipinski definition) is 2. The smallest absolute Gasteiger partial charge is 0.113 e. The summed E-state index contributed by atoms with van der Waals surface area (Å²) in [6.45, 7) is 7.57. The molecule has 3 nitrogen and oxygen atoms in total. The highest BCUT2D eigenvalue weighted by Crippen LogP contribution is 2.11. The first kappa shape index (κ1) is 22.4. The lowest BCUT2D eigenvalue weighted by Gasteiger charge is -2.19. The molecule has 0 saturated carbocycles. The van der Waals surface area contributed by atoms with Crippen molar-refractivity contribution in [2.45, 2.75) is 104 Å². The molecule has 3 N–H and O–H groups in total. The Bertz CT molecular complexity index is 274. The maximum absolute atomic E-state index is 6.13. The van der Waals surface area contributed by atoms with E-state index < -0.39 is 0 Å². The van der Waals surface area contributed by atoms with E-state index in [1.165, 1.54) is 77.0 Å². The van der Waals surface area contributed by atoms with Crippen LogP contribution in [0, 0.1) is 5.92 Å². The number of aliphatic imine (C=N–C) groups is 1. The fourth-order valence-electron chi connectivity index (χ4n) is 2.84. The van der Waals surface area contributed by atoms with Gasteiger partial charge in [0.25, 0.3) is 0 Å². The SMILES string of the molecule is CCCCCCCCCCCCCCNC(=NC)C(N)C(C)C. The van der Waals surface area contributed by atoms with E-state index in [1.54, 1.807) is 0 Å². The Hall–Kier alpha value is -0.570. The van der Waals surface area contributed by atoms with Crippen LogP contribution in [0.1, 0.15) is 97.8 Å². The highest BCUT2D eigenvalue weighted by atomic mass is 15.0. The van der Waals surface area contributed by atoms with Crippen molar-refractivity contribution in [1.29, 1.82) is 0 Å². The van der Waals surface area contributed by atoms with E-state index in [2.05, 4.69) is 31.1 Å². The average Bonchev–Trinajstić information content (AvgIpc) is 2.54. The zero-order chi connectivity index (χ0) is 17.3. The molecule has 0 saturated heterocycles. The lowest BCUT2D eigenvalue weighted by atomic mass is 10.0. The van der Waals surface area contributed by atoms with Gasteiger partial charge in [-0.3, -0.25) is 4.99 Å². The van der Waals surface area contributed by atoms with Crippen molar-refractivity contribution in [3.63, 3.8) is 0 Å². The summed E-state index contributed by atoms with van der Waals surface area (Å²) >= 11 is 0. The molecule has 0 radical (unpaired) electrons. The normalized spacial score (nSPS) is 13.6. The highest BCUT2D eigenvalue weighted by Gasteiger charge is 2.13. The summed E-state index contributed by atoms with van der Waals surface area (Å²) in [6, 6.07) is 0.0392. The first-order chi connectivity index (χ1) is 11.1. The van der Waals surface area contributed by atoms with Gasteiger partial charge in [-0.05, 0) is 12.3 Å². The number of nitrogens with one attached hydrogen (secondary N) is 1. The summed E-state index contributed by atoms with van der Waals surface area (Å²) in [4.78, 5) is 4.28. The molecule has 1 unspecified atom stereocenters. The molecule has 0 aromatic heterocycles. The predicted molar refractivity (Wildman–Crippen MR) is 105 cm³/mol. The molecule has 1 atom stereocenters. The Balaban J connectivity index is 3.33. The van der Waals surface area contributed by atoms with Gasteiger partial charge in [-0.2, -0.15) is 0 Å². The molecule has 0 fully saturated rings. The Morgan fingerprint density at radius 3 is 1.65 bits per heavy atom. The van der Waals surface area contributed by atoms with Gasteiger partial charge in [0.1, 0.15) is 5.84 Å². The van der Waals surface area contributed by atoms with E-state index in [0.29, 0.717) is 5.92 Å². The van der Waals surface area contributed by atoms with E-state index in [1.807, 2.05) is 7.05 Å². The van der Waals surface area contributed by atoms with Crippen LogP contribution in [-0.4, -0.2) is 25.5 Å². The molecule has 23 heavy (non-hydrogen) atoms. The van der Waals surface area contributed by atoms with Crippen LogP contribution in [0.3, 0.4) is 0 Å². The standard InChI is InChI=1S/C20H43N3/c1-5-6-7-8-9-10-11-12-13-14-15-16-17-23-20(22-4)19(21)18(2)3/h18-19H,5-17,21H2,1-4H3,(H,22,23). The Morgan fingerprint density at radius 2 is 1.26 bits per heavy atom. The van der Waals surface area contributed by atoms with Crippen LogP contribution in [0.5, 0.6) is 0 Å². The van der Waals surface area contributed by atoms with Gasteiger partial charge in [0.05, 0.1) is 6.04 Å². The van der Waals surface area contributed by atoms with Crippen molar-refractivity contribution >= 4 is 5.84 Å². The third-order valence-corrected chi connectivity index (χ3v) is 4.61. The van der Waals surface area contributed by atoms with Crippen LogP contribution in [0.4, 0.5) is 0 Å². The number of amidine groups is 1. The van der Waals surface area contributed by atoms with Crippen LogP contribution in [-0.2, 0) is 0 Å². The second-order valence-corrected chi connectivity index (χ2v) is 7.19. The number of unbranched alkanes of at least 4 members (excludes halogenated alkanes) is 11. The van der Waals surface area contributed by atoms with Crippen molar-refractivity contribution in [1.82, 2.24) is 5.32 Å². The van der Waals surface area contributed by atoms with Crippen molar-refractivity contribution in [3.8, 4) is 0 Å². The van der Waals surface area contributed by atoms with E-state index in [-0.39, 0.29) is 6.04 Å². The zero-order valence-corrected chi connectivity index (χ0v) is 16.4. The maximum Gasteiger partial charge on any atom is 0.113 e. The monoisotopic (exact) mass is 325 g/mol. The second kappa shape index (κ2) is 16.3. The summed E-state index contributed by atoms with van der Waals surface area (Å²) < 4.78 is 0. The van der Waals surface area contributed by atoms with Crippen molar-refractivity contribution in [2.24, 2.45) is 16.6 Å². The summed E-state index contributed by atoms with van der Waals surface area (Å²) in [6.07, 6.45) is 16.7. The van der Waals surface area contributed by atoms with Crippen LogP contribution in [0.25, 0.3) is 0 Å². The lowest BCUT2D eigenvalue weighted by molar-refractivity contribution is 0.540. The van der Waals surface area contributed by atoms with Crippen molar-refractivity contribution in [2.75, 3.05) is 13.6 Å². The predicted octanol–water partition coefficient (Wildman–Crippen LogP) is 5.29. The minimum absolute atomic E-state index is 0.0392. The van der Waals surface area contributed by atoms with Crippen LogP contribution in [0.15, 0.2) is 4.99 Å². The number of nitrogens with two attached hydrogens (primary N) is 1. The van der Waals surface area contributed by atoms with Gasteiger partial charge in [0.15, 0.2) is 0 Å². The van der Waals surface area contributed by atoms with Gasteiger partial charge in [-0.25, -0.2) is 0 Å². The average molecular weight is 326 g/mol. The molecule has 0 spiro atoms. The molecule has 0 aliphatic rings. The van der Waals surface area contributed by atoms with Crippen molar-refractivity contribution < 1.29 is 0 Å². The molecule has 0 bridgehead atoms. The van der Waals surface area contributed by atoms with Gasteiger partial charge < -0.3 is 11.1 Å². The van der Waals surface area contributed by atoms with Gasteiger partial charge >= 0.3 is 0 Å². The molecular formula is C20H43N3. The molecule has 0 aliphatic carbocycles. The Kier molecular flexibility index (Phi) is 15.9. The summed E-state index contributed by atoms with van der Waals surface area (Å²) in [7, 11) is 1.83. The molecule has 0 aromatic carbocycles. The first-order valence-electron chi connectivity index (χ1n) is 10.1. The Labute approximate surface area is 145 Å². The lowest BCUT2D eigenvalue weighted by Crippen LogP contribution is -2.44. The quantitative estimate of drug-likeness (QED) is 0.244. The molecule has 3 heteroatoms. The first-order valence-corrected chi connectivity index (χ1v) is 10.1. The summed E-state index contributed by atoms with van der Waals surface area (Å²) in [5.41, 5.74) is 6.13. The molecule has 0 amide bonds. The number of hydrogen-bond donors (Lipinski definition) is 2. The highest BCUT2D eigenvalue weighted by molar-refractivity contribution is 5.87. The zero-order valence-electron chi connectivity index (χ0n) is 16.4. The molecule has 0 aromatic rings. The van der Waals surface area contributed by atoms with E-state index in [9.17, 15) is 0 Å². The van der Waals surface area contributed by atoms with Gasteiger partial charge in [0.2, 0.25) is 0 Å². The minimum atomic E-state index is 0.0392. The van der Waals surface area contributed by atoms with E-state index >= 15 is 0 Å². The number of rotatable bonds is 15. The van der Waals surface area contributed by atoms with E-state index in [0.717, 1.165) is 12.4 Å². The fourth-order valence-corrected chi connectivity index (χ4v) is 2.84. The largest absolute Gasteiger partial charge is 0.373 e. The molecule has 0 aliphatic heterocycles. The van der Waals surface area contributed by atoms with Crippen LogP contribution < -0.4 is 11.1 Å². The fraction of sp³-hybridized carbons (Fsp3) is 0.950. The second-order valence-electron chi connectivity index (χ2n) is 7.19. The van der Waals surface area contributed by atoms with Crippen LogP contribution >= 0.6 is 0 Å². The molecule has 0 heterocycles. The minimum Gasteiger partial charge on any atom is -0.373 e. The maximum atomic E-state index is 6.13. The van der Waals surface area contributed by atoms with Gasteiger partial charge in [-0.15, -0.1) is 0 Å². The van der Waals surface area contributed by atoms with Gasteiger partial charge in [-0.1, -0.05) is 91.4 Å². The third-order valence-electron chi connectivity index (χ3n) is 4.61. The number of nitrogens with zero attached hydrogens (tertiary/aromatic N) is 1. The third kappa shape index (κ3) is 13.6. The Morgan fingerprint density at radius 1 is 0.826 bits per heavy atom.